The summed E-state index contributed by atoms with van der Waals surface area (Å²) in [6.07, 6.45) is -0.0957. The lowest BCUT2D eigenvalue weighted by Gasteiger charge is -2.43. The molecule has 1 amide bonds. The molecule has 1 aliphatic rings. The molecule has 0 unspecified atom stereocenters. The van der Waals surface area contributed by atoms with Crippen LogP contribution in [0.2, 0.25) is 0 Å². The van der Waals surface area contributed by atoms with Gasteiger partial charge in [0, 0.05) is 0 Å². The number of carboxylic acids is 1. The van der Waals surface area contributed by atoms with Crippen molar-refractivity contribution in [2.45, 2.75) is 6.18 Å². The fraction of sp³-hybridized carbons (Fsp3) is 0.500. The first kappa shape index (κ1) is 11.4. The molecule has 0 aromatic carbocycles. The van der Waals surface area contributed by atoms with Crippen molar-refractivity contribution in [1.82, 2.24) is 4.90 Å². The van der Waals surface area contributed by atoms with E-state index < -0.39 is 36.6 Å². The summed E-state index contributed by atoms with van der Waals surface area (Å²) in [6.45, 7) is -1.20. The van der Waals surface area contributed by atoms with Crippen LogP contribution >= 0.6 is 0 Å². The predicted molar refractivity (Wildman–Crippen MR) is 41.5 cm³/mol. The van der Waals surface area contributed by atoms with Gasteiger partial charge in [-0.1, -0.05) is 5.92 Å². The second kappa shape index (κ2) is 3.15. The van der Waals surface area contributed by atoms with Crippen LogP contribution < -0.4 is 0 Å². The zero-order valence-corrected chi connectivity index (χ0v) is 7.34. The molecular formula is C8H6F3NO3. The van der Waals surface area contributed by atoms with Crippen LogP contribution in [0.3, 0.4) is 0 Å². The number of carboxylic acid groups (broad SMARTS) is 1. The minimum atomic E-state index is -4.99. The van der Waals surface area contributed by atoms with Crippen LogP contribution in [0, 0.1) is 17.8 Å². The molecule has 1 aliphatic heterocycles. The molecule has 0 aromatic rings. The lowest BCUT2D eigenvalue weighted by molar-refractivity contribution is -0.196. The predicted octanol–water partition coefficient (Wildman–Crippen LogP) is 0.0951. The van der Waals surface area contributed by atoms with Gasteiger partial charge in [0.15, 0.2) is 5.41 Å². The van der Waals surface area contributed by atoms with Crippen LogP contribution in [-0.2, 0) is 9.59 Å². The van der Waals surface area contributed by atoms with Crippen LogP contribution in [0.5, 0.6) is 0 Å². The Hall–Kier alpha value is -1.71. The number of hydrogen-bond donors (Lipinski definition) is 1. The highest BCUT2D eigenvalue weighted by molar-refractivity contribution is 5.88. The molecule has 1 saturated heterocycles. The number of halogens is 3. The van der Waals surface area contributed by atoms with E-state index in [0.717, 1.165) is 0 Å². The minimum Gasteiger partial charge on any atom is -0.480 e. The number of hydrogen-bond acceptors (Lipinski definition) is 2. The van der Waals surface area contributed by atoms with E-state index in [9.17, 15) is 22.8 Å². The van der Waals surface area contributed by atoms with Gasteiger partial charge in [0.25, 0.3) is 0 Å². The first-order valence-corrected chi connectivity index (χ1v) is 3.80. The summed E-state index contributed by atoms with van der Waals surface area (Å²) in [6, 6.07) is 0. The summed E-state index contributed by atoms with van der Waals surface area (Å²) in [5.74, 6) is -1.56. The minimum absolute atomic E-state index is 0.369. The van der Waals surface area contributed by atoms with Crippen LogP contribution in [0.4, 0.5) is 13.2 Å². The summed E-state index contributed by atoms with van der Waals surface area (Å²) in [7, 11) is 0. The lowest BCUT2D eigenvalue weighted by Crippen LogP contribution is -2.63. The highest BCUT2D eigenvalue weighted by Crippen LogP contribution is 2.33. The molecule has 0 atom stereocenters. The van der Waals surface area contributed by atoms with Crippen LogP contribution in [-0.4, -0.2) is 41.1 Å². The SMILES string of the molecule is C#CC1(C(=O)O)CN(C(=O)C(F)(F)F)C1. The van der Waals surface area contributed by atoms with Crippen LogP contribution in [0.1, 0.15) is 0 Å². The molecule has 0 spiro atoms. The van der Waals surface area contributed by atoms with Crippen molar-refractivity contribution in [3.8, 4) is 12.3 Å². The maximum Gasteiger partial charge on any atom is 0.471 e. The maximum atomic E-state index is 11.9. The number of likely N-dealkylation sites (tertiary alicyclic amines) is 1. The van der Waals surface area contributed by atoms with Gasteiger partial charge in [-0.25, -0.2) is 0 Å². The fourth-order valence-corrected chi connectivity index (χ4v) is 1.22. The number of terminal acetylenes is 1. The smallest absolute Gasteiger partial charge is 0.471 e. The number of carbonyl (C=O) groups is 2. The number of aliphatic carboxylic acids is 1. The van der Waals surface area contributed by atoms with Crippen molar-refractivity contribution in [2.24, 2.45) is 5.41 Å². The third kappa shape index (κ3) is 1.75. The largest absolute Gasteiger partial charge is 0.480 e. The van der Waals surface area contributed by atoms with E-state index in [1.807, 2.05) is 5.92 Å². The van der Waals surface area contributed by atoms with Crippen molar-refractivity contribution >= 4 is 11.9 Å². The number of alkyl halides is 3. The second-order valence-electron chi connectivity index (χ2n) is 3.19. The molecule has 1 heterocycles. The van der Waals surface area contributed by atoms with Gasteiger partial charge in [-0.3, -0.25) is 9.59 Å². The molecule has 0 aromatic heterocycles. The summed E-state index contributed by atoms with van der Waals surface area (Å²) in [4.78, 5) is 21.6. The first-order chi connectivity index (χ1) is 6.73. The molecule has 15 heavy (non-hydrogen) atoms. The van der Waals surface area contributed by atoms with Gasteiger partial charge in [0.1, 0.15) is 0 Å². The van der Waals surface area contributed by atoms with E-state index in [1.54, 1.807) is 0 Å². The standard InChI is InChI=1S/C8H6F3NO3/c1-2-7(6(14)15)3-12(4-7)5(13)8(9,10)11/h1H,3-4H2,(H,14,15). The highest BCUT2D eigenvalue weighted by atomic mass is 19.4. The highest BCUT2D eigenvalue weighted by Gasteiger charge is 2.55. The Labute approximate surface area is 82.7 Å². The Balaban J connectivity index is 2.69. The van der Waals surface area contributed by atoms with Gasteiger partial charge in [0.2, 0.25) is 0 Å². The van der Waals surface area contributed by atoms with Gasteiger partial charge in [-0.15, -0.1) is 6.42 Å². The molecule has 0 aliphatic carbocycles. The van der Waals surface area contributed by atoms with Gasteiger partial charge >= 0.3 is 18.1 Å². The Bertz CT molecular complexity index is 349. The number of rotatable bonds is 1. The molecular weight excluding hydrogens is 215 g/mol. The van der Waals surface area contributed by atoms with Crippen LogP contribution in [0.15, 0.2) is 0 Å². The summed E-state index contributed by atoms with van der Waals surface area (Å²) in [5.41, 5.74) is -1.67. The third-order valence-electron chi connectivity index (χ3n) is 2.14. The van der Waals surface area contributed by atoms with Crippen molar-refractivity contribution in [3.63, 3.8) is 0 Å². The third-order valence-corrected chi connectivity index (χ3v) is 2.14. The summed E-state index contributed by atoms with van der Waals surface area (Å²) >= 11 is 0. The summed E-state index contributed by atoms with van der Waals surface area (Å²) in [5, 5.41) is 8.62. The lowest BCUT2D eigenvalue weighted by atomic mass is 9.80. The zero-order chi connectivity index (χ0) is 11.9. The Morgan fingerprint density at radius 1 is 1.40 bits per heavy atom. The average Bonchev–Trinajstić information content (AvgIpc) is 2.00. The average molecular weight is 221 g/mol. The van der Waals surface area contributed by atoms with Crippen molar-refractivity contribution < 1.29 is 27.9 Å². The molecule has 0 bridgehead atoms. The first-order valence-electron chi connectivity index (χ1n) is 3.80. The van der Waals surface area contributed by atoms with E-state index in [1.165, 1.54) is 0 Å². The van der Waals surface area contributed by atoms with Crippen LogP contribution in [0.25, 0.3) is 0 Å². The molecule has 1 fully saturated rings. The Morgan fingerprint density at radius 2 is 1.87 bits per heavy atom. The van der Waals surface area contributed by atoms with Gasteiger partial charge in [-0.2, -0.15) is 13.2 Å². The van der Waals surface area contributed by atoms with Gasteiger partial charge < -0.3 is 10.0 Å². The normalized spacial score (nSPS) is 18.9. The van der Waals surface area contributed by atoms with Crippen molar-refractivity contribution in [1.29, 1.82) is 0 Å². The Morgan fingerprint density at radius 3 is 2.13 bits per heavy atom. The van der Waals surface area contributed by atoms with Gasteiger partial charge in [0.05, 0.1) is 13.1 Å². The molecule has 82 valence electrons. The molecule has 1 rings (SSSR count). The maximum absolute atomic E-state index is 11.9. The van der Waals surface area contributed by atoms with E-state index in [-0.39, 0.29) is 0 Å². The quantitative estimate of drug-likeness (QED) is 0.638. The molecule has 1 N–H and O–H groups in total. The fourth-order valence-electron chi connectivity index (χ4n) is 1.22. The van der Waals surface area contributed by atoms with Gasteiger partial charge in [-0.05, 0) is 0 Å². The second-order valence-corrected chi connectivity index (χ2v) is 3.19. The van der Waals surface area contributed by atoms with E-state index in [0.29, 0.717) is 4.90 Å². The van der Waals surface area contributed by atoms with Crippen molar-refractivity contribution in [2.75, 3.05) is 13.1 Å². The van der Waals surface area contributed by atoms with E-state index in [2.05, 4.69) is 0 Å². The molecule has 0 radical (unpaired) electrons. The molecule has 7 heteroatoms. The van der Waals surface area contributed by atoms with E-state index in [4.69, 9.17) is 11.5 Å². The number of nitrogens with zero attached hydrogens (tertiary/aromatic N) is 1. The monoisotopic (exact) mass is 221 g/mol. The Kier molecular flexibility index (Phi) is 2.39. The van der Waals surface area contributed by atoms with Crippen molar-refractivity contribution in [3.05, 3.63) is 0 Å². The summed E-state index contributed by atoms with van der Waals surface area (Å²) < 4.78 is 35.7. The topological polar surface area (TPSA) is 57.6 Å². The molecule has 0 saturated carbocycles. The van der Waals surface area contributed by atoms with E-state index >= 15 is 0 Å². The molecule has 4 nitrogen and oxygen atoms in total. The zero-order valence-electron chi connectivity index (χ0n) is 7.34. The number of amides is 1. The number of carbonyl (C=O) groups excluding carboxylic acids is 1.